The van der Waals surface area contributed by atoms with E-state index in [0.29, 0.717) is 23.2 Å². The molecule has 0 heterocycles. The fraction of sp³-hybridized carbons (Fsp3) is 0.500. The van der Waals surface area contributed by atoms with Crippen LogP contribution in [0.3, 0.4) is 0 Å². The molecule has 0 atom stereocenters. The lowest BCUT2D eigenvalue weighted by molar-refractivity contribution is 0.417. The van der Waals surface area contributed by atoms with Crippen LogP contribution in [0.5, 0.6) is 0 Å². The number of benzene rings is 1. The third-order valence-corrected chi connectivity index (χ3v) is 4.55. The van der Waals surface area contributed by atoms with Crippen LogP contribution in [0.25, 0.3) is 0 Å². The van der Waals surface area contributed by atoms with Gasteiger partial charge in [0.25, 0.3) is 0 Å². The van der Waals surface area contributed by atoms with E-state index in [-0.39, 0.29) is 0 Å². The monoisotopic (exact) mass is 275 g/mol. The fourth-order valence-corrected chi connectivity index (χ4v) is 3.06. The Labute approximate surface area is 108 Å². The lowest BCUT2D eigenvalue weighted by Crippen LogP contribution is -2.30. The topological polar surface area (TPSA) is 37.4 Å². The molecule has 0 aromatic heterocycles. The van der Waals surface area contributed by atoms with Gasteiger partial charge < -0.3 is 0 Å². The smallest absolute Gasteiger partial charge is 0.207 e. The molecule has 0 radical (unpaired) electrons. The quantitative estimate of drug-likeness (QED) is 0.775. The summed E-state index contributed by atoms with van der Waals surface area (Å²) in [6.07, 6.45) is 0. The zero-order valence-electron chi connectivity index (χ0n) is 10.4. The van der Waals surface area contributed by atoms with Crippen LogP contribution in [0.2, 0.25) is 0 Å². The van der Waals surface area contributed by atoms with Crippen molar-refractivity contribution in [2.45, 2.75) is 24.6 Å². The molecule has 1 rings (SSSR count). The summed E-state index contributed by atoms with van der Waals surface area (Å²) in [5, 5.41) is 0. The summed E-state index contributed by atoms with van der Waals surface area (Å²) in [6, 6.07) is 6.68. The summed E-state index contributed by atoms with van der Waals surface area (Å²) < 4.78 is 25.7. The van der Waals surface area contributed by atoms with Crippen molar-refractivity contribution in [2.75, 3.05) is 13.6 Å². The molecule has 3 nitrogen and oxygen atoms in total. The number of hydrogen-bond donors (Lipinski definition) is 0. The number of alkyl halides is 1. The van der Waals surface area contributed by atoms with Gasteiger partial charge in [-0.15, -0.1) is 11.6 Å². The lowest BCUT2D eigenvalue weighted by atomic mass is 10.2. The van der Waals surface area contributed by atoms with Gasteiger partial charge >= 0.3 is 0 Å². The van der Waals surface area contributed by atoms with Crippen LogP contribution in [0, 0.1) is 5.92 Å². The molecule has 1 aromatic rings. The molecule has 0 aliphatic carbocycles. The number of nitrogens with zero attached hydrogens (tertiary/aromatic N) is 1. The minimum Gasteiger partial charge on any atom is -0.207 e. The van der Waals surface area contributed by atoms with E-state index in [4.69, 9.17) is 11.6 Å². The maximum Gasteiger partial charge on any atom is 0.242 e. The molecule has 0 aliphatic rings. The van der Waals surface area contributed by atoms with Crippen molar-refractivity contribution in [3.63, 3.8) is 0 Å². The van der Waals surface area contributed by atoms with Crippen LogP contribution in [-0.2, 0) is 15.9 Å². The Kier molecular flexibility index (Phi) is 4.98. The molecule has 5 heteroatoms. The highest BCUT2D eigenvalue weighted by Gasteiger charge is 2.20. The van der Waals surface area contributed by atoms with Gasteiger partial charge in [0, 0.05) is 19.5 Å². The zero-order chi connectivity index (χ0) is 13.1. The second kappa shape index (κ2) is 5.85. The second-order valence-corrected chi connectivity index (χ2v) is 6.77. The van der Waals surface area contributed by atoms with Crippen LogP contribution in [-0.4, -0.2) is 26.3 Å². The van der Waals surface area contributed by atoms with E-state index < -0.39 is 10.0 Å². The third-order valence-electron chi connectivity index (χ3n) is 2.41. The molecule has 0 bridgehead atoms. The minimum absolute atomic E-state index is 0.303. The van der Waals surface area contributed by atoms with Crippen LogP contribution >= 0.6 is 11.6 Å². The average molecular weight is 276 g/mol. The maximum absolute atomic E-state index is 12.2. The van der Waals surface area contributed by atoms with Gasteiger partial charge in [-0.3, -0.25) is 0 Å². The van der Waals surface area contributed by atoms with E-state index in [1.54, 1.807) is 31.3 Å². The molecule has 0 saturated heterocycles. The number of sulfonamides is 1. The minimum atomic E-state index is -3.37. The van der Waals surface area contributed by atoms with Crippen LogP contribution in [0.4, 0.5) is 0 Å². The predicted molar refractivity (Wildman–Crippen MR) is 70.7 cm³/mol. The van der Waals surface area contributed by atoms with Gasteiger partial charge in [0.05, 0.1) is 4.90 Å². The third kappa shape index (κ3) is 3.69. The van der Waals surface area contributed by atoms with Crippen molar-refractivity contribution in [1.29, 1.82) is 0 Å². The molecule has 0 spiro atoms. The van der Waals surface area contributed by atoms with Gasteiger partial charge in [-0.25, -0.2) is 12.7 Å². The SMILES string of the molecule is CC(C)CN(C)S(=O)(=O)c1ccc(CCl)cc1. The molecule has 0 amide bonds. The summed E-state index contributed by atoms with van der Waals surface area (Å²) in [4.78, 5) is 0.314. The van der Waals surface area contributed by atoms with Gasteiger partial charge in [-0.2, -0.15) is 0 Å². The second-order valence-electron chi connectivity index (χ2n) is 4.46. The Bertz CT molecular complexity index is 454. The van der Waals surface area contributed by atoms with Gasteiger partial charge in [0.15, 0.2) is 0 Å². The standard InChI is InChI=1S/C12H18ClNO2S/c1-10(2)9-14(3)17(15,16)12-6-4-11(8-13)5-7-12/h4-7,10H,8-9H2,1-3H3. The van der Waals surface area contributed by atoms with Gasteiger partial charge in [-0.05, 0) is 23.6 Å². The lowest BCUT2D eigenvalue weighted by Gasteiger charge is -2.19. The van der Waals surface area contributed by atoms with Crippen LogP contribution in [0.15, 0.2) is 29.2 Å². The number of hydrogen-bond acceptors (Lipinski definition) is 2. The van der Waals surface area contributed by atoms with Crippen molar-refractivity contribution in [1.82, 2.24) is 4.31 Å². The number of halogens is 1. The number of rotatable bonds is 5. The first-order valence-corrected chi connectivity index (χ1v) is 7.46. The Morgan fingerprint density at radius 3 is 2.18 bits per heavy atom. The summed E-state index contributed by atoms with van der Waals surface area (Å²) >= 11 is 5.67. The highest BCUT2D eigenvalue weighted by atomic mass is 35.5. The Balaban J connectivity index is 2.96. The van der Waals surface area contributed by atoms with Crippen molar-refractivity contribution in [3.05, 3.63) is 29.8 Å². The van der Waals surface area contributed by atoms with E-state index in [0.717, 1.165) is 5.56 Å². The van der Waals surface area contributed by atoms with E-state index in [1.165, 1.54) is 4.31 Å². The Hall–Kier alpha value is -0.580. The van der Waals surface area contributed by atoms with E-state index >= 15 is 0 Å². The molecular weight excluding hydrogens is 258 g/mol. The van der Waals surface area contributed by atoms with Crippen LogP contribution < -0.4 is 0 Å². The van der Waals surface area contributed by atoms with Gasteiger partial charge in [0.2, 0.25) is 10.0 Å². The Morgan fingerprint density at radius 1 is 1.24 bits per heavy atom. The first-order valence-electron chi connectivity index (χ1n) is 5.49. The van der Waals surface area contributed by atoms with E-state index in [2.05, 4.69) is 0 Å². The summed E-state index contributed by atoms with van der Waals surface area (Å²) in [5.41, 5.74) is 0.914. The van der Waals surface area contributed by atoms with Crippen molar-refractivity contribution >= 4 is 21.6 Å². The average Bonchev–Trinajstić information content (AvgIpc) is 2.28. The zero-order valence-corrected chi connectivity index (χ0v) is 11.9. The van der Waals surface area contributed by atoms with Crippen LogP contribution in [0.1, 0.15) is 19.4 Å². The van der Waals surface area contributed by atoms with Crippen molar-refractivity contribution < 1.29 is 8.42 Å². The van der Waals surface area contributed by atoms with Gasteiger partial charge in [0.1, 0.15) is 0 Å². The molecule has 17 heavy (non-hydrogen) atoms. The summed E-state index contributed by atoms with van der Waals surface area (Å²) in [5.74, 6) is 0.694. The molecule has 0 N–H and O–H groups in total. The first kappa shape index (κ1) is 14.5. The fourth-order valence-electron chi connectivity index (χ4n) is 1.54. The molecule has 0 unspecified atom stereocenters. The first-order chi connectivity index (χ1) is 7.87. The molecule has 0 saturated carbocycles. The summed E-state index contributed by atoms with van der Waals surface area (Å²) in [7, 11) is -1.77. The normalized spacial score (nSPS) is 12.4. The molecule has 96 valence electrons. The molecular formula is C12H18ClNO2S. The maximum atomic E-state index is 12.2. The van der Waals surface area contributed by atoms with E-state index in [9.17, 15) is 8.42 Å². The summed E-state index contributed by atoms with van der Waals surface area (Å²) in [6.45, 7) is 4.49. The predicted octanol–water partition coefficient (Wildman–Crippen LogP) is 2.70. The highest BCUT2D eigenvalue weighted by molar-refractivity contribution is 7.89. The molecule has 1 aromatic carbocycles. The highest BCUT2D eigenvalue weighted by Crippen LogP contribution is 2.16. The van der Waals surface area contributed by atoms with E-state index in [1.807, 2.05) is 13.8 Å². The molecule has 0 fully saturated rings. The van der Waals surface area contributed by atoms with Crippen molar-refractivity contribution in [2.24, 2.45) is 5.92 Å². The Morgan fingerprint density at radius 2 is 1.76 bits per heavy atom. The van der Waals surface area contributed by atoms with Gasteiger partial charge in [-0.1, -0.05) is 26.0 Å². The largest absolute Gasteiger partial charge is 0.242 e. The van der Waals surface area contributed by atoms with Crippen molar-refractivity contribution in [3.8, 4) is 0 Å². The molecule has 0 aliphatic heterocycles.